The van der Waals surface area contributed by atoms with Crippen LogP contribution in [0.2, 0.25) is 5.02 Å². The SMILES string of the molecule is C[C@@H](OC(=O)c1ccc(NC2CC2)c([N+](=O)[O-])c1)C(=O)NCc1ccccc1Cl. The number of benzene rings is 2. The molecule has 152 valence electrons. The zero-order valence-corrected chi connectivity index (χ0v) is 16.4. The number of hydrogen-bond acceptors (Lipinski definition) is 6. The fourth-order valence-electron chi connectivity index (χ4n) is 2.63. The van der Waals surface area contributed by atoms with Crippen molar-refractivity contribution in [1.82, 2.24) is 5.32 Å². The van der Waals surface area contributed by atoms with Crippen LogP contribution in [0.5, 0.6) is 0 Å². The average Bonchev–Trinajstić information content (AvgIpc) is 3.51. The summed E-state index contributed by atoms with van der Waals surface area (Å²) in [5, 5.41) is 17.5. The molecule has 0 aromatic heterocycles. The monoisotopic (exact) mass is 417 g/mol. The van der Waals surface area contributed by atoms with Crippen LogP contribution in [0, 0.1) is 10.1 Å². The van der Waals surface area contributed by atoms with Crippen molar-refractivity contribution in [2.75, 3.05) is 5.32 Å². The molecule has 1 atom stereocenters. The van der Waals surface area contributed by atoms with Gasteiger partial charge in [-0.3, -0.25) is 14.9 Å². The second-order valence-electron chi connectivity index (χ2n) is 6.76. The molecule has 0 aliphatic heterocycles. The van der Waals surface area contributed by atoms with Crippen LogP contribution >= 0.6 is 11.6 Å². The Morgan fingerprint density at radius 1 is 1.28 bits per heavy atom. The number of anilines is 1. The number of amides is 1. The molecule has 0 unspecified atom stereocenters. The molecule has 2 aromatic carbocycles. The Morgan fingerprint density at radius 3 is 2.66 bits per heavy atom. The second kappa shape index (κ2) is 8.91. The molecule has 0 bridgehead atoms. The van der Waals surface area contributed by atoms with Gasteiger partial charge in [-0.1, -0.05) is 29.8 Å². The van der Waals surface area contributed by atoms with Gasteiger partial charge in [-0.15, -0.1) is 0 Å². The summed E-state index contributed by atoms with van der Waals surface area (Å²) in [6.07, 6.45) is 0.845. The normalized spacial score (nSPS) is 14.0. The fraction of sp³-hybridized carbons (Fsp3) is 0.300. The van der Waals surface area contributed by atoms with Gasteiger partial charge in [0.05, 0.1) is 10.5 Å². The first-order chi connectivity index (χ1) is 13.8. The fourth-order valence-corrected chi connectivity index (χ4v) is 2.83. The van der Waals surface area contributed by atoms with E-state index in [1.807, 2.05) is 0 Å². The third-order valence-corrected chi connectivity index (χ3v) is 4.80. The summed E-state index contributed by atoms with van der Waals surface area (Å²) in [4.78, 5) is 35.3. The molecule has 8 nitrogen and oxygen atoms in total. The van der Waals surface area contributed by atoms with E-state index < -0.39 is 22.9 Å². The molecule has 1 amide bonds. The number of nitro benzene ring substituents is 1. The average molecular weight is 418 g/mol. The third-order valence-electron chi connectivity index (χ3n) is 4.43. The first-order valence-corrected chi connectivity index (χ1v) is 9.50. The van der Waals surface area contributed by atoms with Gasteiger partial charge in [-0.2, -0.15) is 0 Å². The van der Waals surface area contributed by atoms with E-state index >= 15 is 0 Å². The summed E-state index contributed by atoms with van der Waals surface area (Å²) < 4.78 is 5.16. The lowest BCUT2D eigenvalue weighted by Gasteiger charge is -2.14. The molecule has 2 N–H and O–H groups in total. The minimum atomic E-state index is -1.08. The minimum Gasteiger partial charge on any atom is -0.449 e. The number of halogens is 1. The zero-order valence-electron chi connectivity index (χ0n) is 15.7. The summed E-state index contributed by atoms with van der Waals surface area (Å²) in [7, 11) is 0. The van der Waals surface area contributed by atoms with E-state index in [9.17, 15) is 19.7 Å². The number of nitrogens with one attached hydrogen (secondary N) is 2. The molecule has 1 fully saturated rings. The molecule has 0 radical (unpaired) electrons. The molecular weight excluding hydrogens is 398 g/mol. The van der Waals surface area contributed by atoms with E-state index in [1.165, 1.54) is 19.1 Å². The Hall–Kier alpha value is -3.13. The molecule has 2 aromatic rings. The van der Waals surface area contributed by atoms with Crippen molar-refractivity contribution in [3.63, 3.8) is 0 Å². The summed E-state index contributed by atoms with van der Waals surface area (Å²) in [5.74, 6) is -1.31. The quantitative estimate of drug-likeness (QED) is 0.385. The Labute approximate surface area is 172 Å². The maximum atomic E-state index is 12.3. The standard InChI is InChI=1S/C20H20ClN3O5/c1-12(19(25)22-11-14-4-2-3-5-16(14)21)29-20(26)13-6-9-17(23-15-7-8-15)18(10-13)24(27)28/h2-6,9-10,12,15,23H,7-8,11H2,1H3,(H,22,25)/t12-/m1/s1. The van der Waals surface area contributed by atoms with Crippen molar-refractivity contribution >= 4 is 34.9 Å². The highest BCUT2D eigenvalue weighted by Gasteiger charge is 2.26. The molecule has 1 aliphatic rings. The number of ether oxygens (including phenoxy) is 1. The summed E-state index contributed by atoms with van der Waals surface area (Å²) >= 11 is 6.04. The van der Waals surface area contributed by atoms with Crippen LogP contribution in [0.25, 0.3) is 0 Å². The molecule has 1 saturated carbocycles. The van der Waals surface area contributed by atoms with Gasteiger partial charge in [-0.05, 0) is 43.5 Å². The molecule has 0 heterocycles. The van der Waals surface area contributed by atoms with E-state index in [0.29, 0.717) is 10.7 Å². The van der Waals surface area contributed by atoms with Gasteiger partial charge in [0.2, 0.25) is 0 Å². The van der Waals surface area contributed by atoms with Gasteiger partial charge in [0.15, 0.2) is 6.10 Å². The van der Waals surface area contributed by atoms with Gasteiger partial charge < -0.3 is 15.4 Å². The smallest absolute Gasteiger partial charge is 0.339 e. The van der Waals surface area contributed by atoms with Gasteiger partial charge in [-0.25, -0.2) is 4.79 Å². The lowest BCUT2D eigenvalue weighted by Crippen LogP contribution is -2.35. The van der Waals surface area contributed by atoms with Crippen molar-refractivity contribution in [2.45, 2.75) is 38.5 Å². The van der Waals surface area contributed by atoms with Crippen LogP contribution in [0.3, 0.4) is 0 Å². The second-order valence-corrected chi connectivity index (χ2v) is 7.17. The van der Waals surface area contributed by atoms with E-state index in [1.54, 1.807) is 24.3 Å². The van der Waals surface area contributed by atoms with Crippen LogP contribution < -0.4 is 10.6 Å². The Bertz CT molecular complexity index is 945. The van der Waals surface area contributed by atoms with Crippen LogP contribution in [0.1, 0.15) is 35.7 Å². The van der Waals surface area contributed by atoms with Gasteiger partial charge in [0.25, 0.3) is 11.6 Å². The summed E-state index contributed by atoms with van der Waals surface area (Å²) in [6.45, 7) is 1.62. The van der Waals surface area contributed by atoms with Crippen molar-refractivity contribution < 1.29 is 19.2 Å². The Kier molecular flexibility index (Phi) is 6.33. The van der Waals surface area contributed by atoms with Crippen molar-refractivity contribution in [3.05, 3.63) is 68.7 Å². The molecule has 0 saturated heterocycles. The molecule has 1 aliphatic carbocycles. The van der Waals surface area contributed by atoms with Crippen LogP contribution in [-0.4, -0.2) is 28.9 Å². The maximum absolute atomic E-state index is 12.3. The van der Waals surface area contributed by atoms with E-state index in [-0.39, 0.29) is 23.8 Å². The van der Waals surface area contributed by atoms with E-state index in [0.717, 1.165) is 24.5 Å². The van der Waals surface area contributed by atoms with Gasteiger partial charge in [0.1, 0.15) is 5.69 Å². The predicted octanol–water partition coefficient (Wildman–Crippen LogP) is 3.68. The number of nitrogens with zero attached hydrogens (tertiary/aromatic N) is 1. The lowest BCUT2D eigenvalue weighted by atomic mass is 10.1. The number of hydrogen-bond donors (Lipinski definition) is 2. The Morgan fingerprint density at radius 2 is 2.00 bits per heavy atom. The highest BCUT2D eigenvalue weighted by atomic mass is 35.5. The third kappa shape index (κ3) is 5.45. The van der Waals surface area contributed by atoms with Crippen molar-refractivity contribution in [2.24, 2.45) is 0 Å². The van der Waals surface area contributed by atoms with Crippen LogP contribution in [0.4, 0.5) is 11.4 Å². The number of esters is 1. The van der Waals surface area contributed by atoms with E-state index in [4.69, 9.17) is 16.3 Å². The molecular formula is C20H20ClN3O5. The largest absolute Gasteiger partial charge is 0.449 e. The van der Waals surface area contributed by atoms with Crippen molar-refractivity contribution in [1.29, 1.82) is 0 Å². The number of carbonyl (C=O) groups excluding carboxylic acids is 2. The minimum absolute atomic E-state index is 0.00352. The summed E-state index contributed by atoms with van der Waals surface area (Å²) in [5.41, 5.74) is 0.890. The molecule has 9 heteroatoms. The maximum Gasteiger partial charge on any atom is 0.339 e. The number of rotatable bonds is 8. The zero-order chi connectivity index (χ0) is 21.0. The van der Waals surface area contributed by atoms with Crippen LogP contribution in [-0.2, 0) is 16.1 Å². The Balaban J connectivity index is 1.61. The highest BCUT2D eigenvalue weighted by Crippen LogP contribution is 2.31. The topological polar surface area (TPSA) is 111 Å². The predicted molar refractivity (Wildman–Crippen MR) is 108 cm³/mol. The first-order valence-electron chi connectivity index (χ1n) is 9.12. The lowest BCUT2D eigenvalue weighted by molar-refractivity contribution is -0.384. The molecule has 3 rings (SSSR count). The summed E-state index contributed by atoms with van der Waals surface area (Å²) in [6, 6.07) is 11.4. The van der Waals surface area contributed by atoms with Crippen LogP contribution in [0.15, 0.2) is 42.5 Å². The number of nitro groups is 1. The van der Waals surface area contributed by atoms with Gasteiger partial charge >= 0.3 is 5.97 Å². The van der Waals surface area contributed by atoms with Gasteiger partial charge in [0, 0.05) is 23.7 Å². The van der Waals surface area contributed by atoms with Crippen molar-refractivity contribution in [3.8, 4) is 0 Å². The van der Waals surface area contributed by atoms with E-state index in [2.05, 4.69) is 10.6 Å². The number of carbonyl (C=O) groups is 2. The molecule has 0 spiro atoms. The molecule has 29 heavy (non-hydrogen) atoms. The first kappa shape index (κ1) is 20.6. The highest BCUT2D eigenvalue weighted by molar-refractivity contribution is 6.31.